The summed E-state index contributed by atoms with van der Waals surface area (Å²) in [6.45, 7) is 0.213. The minimum Gasteiger partial charge on any atom is -0.482 e. The first-order valence-corrected chi connectivity index (χ1v) is 5.49. The molecule has 3 aromatic rings. The smallest absolute Gasteiger partial charge is 0.255 e. The zero-order valence-electron chi connectivity index (χ0n) is 9.45. The number of hydrogen-bond acceptors (Lipinski definition) is 3. The fraction of sp³-hybridized carbons (Fsp3) is 0.0769. The molecule has 0 amide bonds. The molecule has 0 spiro atoms. The van der Waals surface area contributed by atoms with Crippen molar-refractivity contribution in [3.05, 3.63) is 60.6 Å². The molecular weight excluding hydrogens is 233 g/mol. The van der Waals surface area contributed by atoms with Gasteiger partial charge in [0.15, 0.2) is 5.75 Å². The highest BCUT2D eigenvalue weighted by molar-refractivity contribution is 5.39. The average Bonchev–Trinajstić information content (AvgIpc) is 2.80. The molecule has 3 rings (SSSR count). The summed E-state index contributed by atoms with van der Waals surface area (Å²) in [7, 11) is 0. The quantitative estimate of drug-likeness (QED) is 0.663. The van der Waals surface area contributed by atoms with Gasteiger partial charge in [0.25, 0.3) is 5.95 Å². The molecule has 0 N–H and O–H groups in total. The number of hydrogen-bond donors (Lipinski definition) is 0. The number of imidazole rings is 1. The van der Waals surface area contributed by atoms with Gasteiger partial charge >= 0.3 is 0 Å². The first kappa shape index (κ1) is 10.7. The molecule has 0 aromatic carbocycles. The lowest BCUT2D eigenvalue weighted by Crippen LogP contribution is -1.98. The maximum atomic E-state index is 13.2. The first-order chi connectivity index (χ1) is 8.83. The van der Waals surface area contributed by atoms with Gasteiger partial charge in [-0.1, -0.05) is 6.07 Å². The van der Waals surface area contributed by atoms with E-state index in [1.54, 1.807) is 6.07 Å². The van der Waals surface area contributed by atoms with Crippen LogP contribution in [0.3, 0.4) is 0 Å². The van der Waals surface area contributed by atoms with E-state index in [1.807, 2.05) is 35.0 Å². The summed E-state index contributed by atoms with van der Waals surface area (Å²) in [6.07, 6.45) is 5.13. The highest BCUT2D eigenvalue weighted by Gasteiger charge is 2.05. The Labute approximate surface area is 103 Å². The van der Waals surface area contributed by atoms with Crippen LogP contribution in [0.1, 0.15) is 5.69 Å². The molecule has 4 nitrogen and oxygen atoms in total. The van der Waals surface area contributed by atoms with E-state index in [2.05, 4.69) is 9.97 Å². The van der Waals surface area contributed by atoms with Crippen LogP contribution < -0.4 is 4.74 Å². The van der Waals surface area contributed by atoms with Crippen LogP contribution in [0.5, 0.6) is 5.75 Å². The van der Waals surface area contributed by atoms with Gasteiger partial charge in [-0.15, -0.1) is 0 Å². The number of nitrogens with zero attached hydrogens (tertiary/aromatic N) is 3. The van der Waals surface area contributed by atoms with E-state index in [-0.39, 0.29) is 12.4 Å². The molecule has 0 unspecified atom stereocenters. The van der Waals surface area contributed by atoms with Crippen molar-refractivity contribution in [3.8, 4) is 5.75 Å². The molecule has 0 aliphatic heterocycles. The van der Waals surface area contributed by atoms with Crippen molar-refractivity contribution in [2.24, 2.45) is 0 Å². The van der Waals surface area contributed by atoms with E-state index in [0.29, 0.717) is 0 Å². The molecule has 18 heavy (non-hydrogen) atoms. The second kappa shape index (κ2) is 4.44. The average molecular weight is 243 g/mol. The van der Waals surface area contributed by atoms with Crippen molar-refractivity contribution in [3.63, 3.8) is 0 Å². The highest BCUT2D eigenvalue weighted by atomic mass is 19.1. The van der Waals surface area contributed by atoms with Gasteiger partial charge < -0.3 is 9.14 Å². The van der Waals surface area contributed by atoms with Crippen LogP contribution in [-0.2, 0) is 6.61 Å². The SMILES string of the molecule is Fc1ncccc1OCc1cn2ccccc2n1. The Kier molecular flexibility index (Phi) is 2.64. The third-order valence-corrected chi connectivity index (χ3v) is 2.51. The van der Waals surface area contributed by atoms with Gasteiger partial charge in [0.2, 0.25) is 0 Å². The van der Waals surface area contributed by atoms with Crippen LogP contribution in [0.15, 0.2) is 48.9 Å². The Morgan fingerprint density at radius 3 is 3.00 bits per heavy atom. The Morgan fingerprint density at radius 2 is 2.17 bits per heavy atom. The molecule has 0 aliphatic rings. The van der Waals surface area contributed by atoms with Crippen LogP contribution in [0.25, 0.3) is 5.65 Å². The zero-order valence-corrected chi connectivity index (χ0v) is 9.45. The minimum absolute atomic E-state index is 0.134. The van der Waals surface area contributed by atoms with Crippen LogP contribution in [0, 0.1) is 5.95 Å². The predicted octanol–water partition coefficient (Wildman–Crippen LogP) is 2.45. The van der Waals surface area contributed by atoms with Gasteiger partial charge in [-0.3, -0.25) is 0 Å². The van der Waals surface area contributed by atoms with Crippen molar-refractivity contribution in [2.45, 2.75) is 6.61 Å². The predicted molar refractivity (Wildman–Crippen MR) is 63.7 cm³/mol. The van der Waals surface area contributed by atoms with E-state index in [0.717, 1.165) is 11.3 Å². The Bertz CT molecular complexity index is 648. The fourth-order valence-electron chi connectivity index (χ4n) is 1.69. The Morgan fingerprint density at radius 1 is 1.22 bits per heavy atom. The van der Waals surface area contributed by atoms with Gasteiger partial charge in [-0.2, -0.15) is 4.39 Å². The van der Waals surface area contributed by atoms with E-state index in [9.17, 15) is 4.39 Å². The number of fused-ring (bicyclic) bond motifs is 1. The molecule has 0 fully saturated rings. The molecule has 0 saturated heterocycles. The number of halogens is 1. The minimum atomic E-state index is -0.610. The third-order valence-electron chi connectivity index (χ3n) is 2.51. The Hall–Kier alpha value is -2.43. The van der Waals surface area contributed by atoms with E-state index < -0.39 is 5.95 Å². The van der Waals surface area contributed by atoms with Crippen LogP contribution in [-0.4, -0.2) is 14.4 Å². The summed E-state index contributed by atoms with van der Waals surface area (Å²) in [5.41, 5.74) is 1.58. The molecule has 3 heterocycles. The largest absolute Gasteiger partial charge is 0.482 e. The van der Waals surface area contributed by atoms with Crippen LogP contribution in [0.4, 0.5) is 4.39 Å². The lowest BCUT2D eigenvalue weighted by Gasteiger charge is -2.03. The monoisotopic (exact) mass is 243 g/mol. The van der Waals surface area contributed by atoms with E-state index in [4.69, 9.17) is 4.74 Å². The van der Waals surface area contributed by atoms with E-state index >= 15 is 0 Å². The molecule has 3 aromatic heterocycles. The molecule has 0 atom stereocenters. The summed E-state index contributed by atoms with van der Waals surface area (Å²) < 4.78 is 20.5. The normalized spacial score (nSPS) is 10.7. The van der Waals surface area contributed by atoms with Gasteiger partial charge in [-0.05, 0) is 24.3 Å². The molecule has 0 saturated carbocycles. The number of pyridine rings is 2. The zero-order chi connectivity index (χ0) is 12.4. The fourth-order valence-corrected chi connectivity index (χ4v) is 1.69. The third kappa shape index (κ3) is 2.02. The van der Waals surface area contributed by atoms with Crippen LogP contribution >= 0.6 is 0 Å². The summed E-state index contributed by atoms with van der Waals surface area (Å²) in [4.78, 5) is 7.87. The standard InChI is InChI=1S/C13H10FN3O/c14-13-11(4-3-6-15-13)18-9-10-8-17-7-2-1-5-12(17)16-10/h1-8H,9H2. The summed E-state index contributed by atoms with van der Waals surface area (Å²) in [5.74, 6) is -0.476. The topological polar surface area (TPSA) is 39.4 Å². The maximum Gasteiger partial charge on any atom is 0.255 e. The van der Waals surface area contributed by atoms with Crippen molar-refractivity contribution < 1.29 is 9.13 Å². The number of rotatable bonds is 3. The second-order valence-electron chi connectivity index (χ2n) is 3.78. The molecule has 5 heteroatoms. The molecule has 0 aliphatic carbocycles. The second-order valence-corrected chi connectivity index (χ2v) is 3.78. The van der Waals surface area contributed by atoms with E-state index in [1.165, 1.54) is 12.3 Å². The van der Waals surface area contributed by atoms with Gasteiger partial charge in [0.05, 0.1) is 5.69 Å². The summed E-state index contributed by atoms with van der Waals surface area (Å²) >= 11 is 0. The molecule has 0 bridgehead atoms. The van der Waals surface area contributed by atoms with Crippen LogP contribution in [0.2, 0.25) is 0 Å². The summed E-state index contributed by atoms with van der Waals surface area (Å²) in [6, 6.07) is 8.89. The summed E-state index contributed by atoms with van der Waals surface area (Å²) in [5, 5.41) is 0. The number of ether oxygens (including phenoxy) is 1. The molecule has 0 radical (unpaired) electrons. The van der Waals surface area contributed by atoms with Gasteiger partial charge in [0, 0.05) is 18.6 Å². The van der Waals surface area contributed by atoms with Crippen molar-refractivity contribution in [2.75, 3.05) is 0 Å². The maximum absolute atomic E-state index is 13.2. The lowest BCUT2D eigenvalue weighted by molar-refractivity contribution is 0.282. The lowest BCUT2D eigenvalue weighted by atomic mass is 10.4. The Balaban J connectivity index is 1.79. The van der Waals surface area contributed by atoms with Crippen molar-refractivity contribution in [1.29, 1.82) is 0 Å². The van der Waals surface area contributed by atoms with Gasteiger partial charge in [0.1, 0.15) is 12.3 Å². The number of aromatic nitrogens is 3. The van der Waals surface area contributed by atoms with Crippen molar-refractivity contribution in [1.82, 2.24) is 14.4 Å². The molecular formula is C13H10FN3O. The van der Waals surface area contributed by atoms with Crippen molar-refractivity contribution >= 4 is 5.65 Å². The van der Waals surface area contributed by atoms with Gasteiger partial charge in [-0.25, -0.2) is 9.97 Å². The highest BCUT2D eigenvalue weighted by Crippen LogP contribution is 2.15. The first-order valence-electron chi connectivity index (χ1n) is 5.49. The molecule has 90 valence electrons.